The Morgan fingerprint density at radius 2 is 1.81 bits per heavy atom. The minimum atomic E-state index is -1.27. The first-order valence-corrected chi connectivity index (χ1v) is 12.8. The van der Waals surface area contributed by atoms with Crippen molar-refractivity contribution in [2.75, 3.05) is 0 Å². The van der Waals surface area contributed by atoms with Crippen LogP contribution in [-0.2, 0) is 22.6 Å². The van der Waals surface area contributed by atoms with E-state index in [2.05, 4.69) is 4.98 Å². The summed E-state index contributed by atoms with van der Waals surface area (Å²) in [5.74, 6) is -0.235. The SMILES string of the molecule is CC(C)(O)c1ccc2c(c1)C(=O)N(Cc1ccc(Cl)cn1)[C@@]2(OC1CCC(O)C1)c1ccc(Cl)cc1. The first kappa shape index (κ1) is 25.2. The topological polar surface area (TPSA) is 82.9 Å². The number of hydrogen-bond donors (Lipinski definition) is 2. The highest BCUT2D eigenvalue weighted by molar-refractivity contribution is 6.30. The van der Waals surface area contributed by atoms with Crippen molar-refractivity contribution in [3.63, 3.8) is 0 Å². The number of nitrogens with zero attached hydrogens (tertiary/aromatic N) is 2. The maximum atomic E-state index is 14.1. The van der Waals surface area contributed by atoms with E-state index in [1.807, 2.05) is 24.3 Å². The van der Waals surface area contributed by atoms with Crippen LogP contribution in [0.25, 0.3) is 0 Å². The van der Waals surface area contributed by atoms with E-state index in [0.29, 0.717) is 51.7 Å². The van der Waals surface area contributed by atoms with Gasteiger partial charge in [0.15, 0.2) is 5.72 Å². The molecule has 6 nitrogen and oxygen atoms in total. The summed E-state index contributed by atoms with van der Waals surface area (Å²) in [4.78, 5) is 20.2. The summed E-state index contributed by atoms with van der Waals surface area (Å²) >= 11 is 12.3. The third kappa shape index (κ3) is 4.53. The molecule has 2 N–H and O–H groups in total. The van der Waals surface area contributed by atoms with Gasteiger partial charge < -0.3 is 14.9 Å². The number of benzene rings is 2. The molecule has 0 radical (unpaired) electrons. The highest BCUT2D eigenvalue weighted by atomic mass is 35.5. The average molecular weight is 527 g/mol. The summed E-state index contributed by atoms with van der Waals surface area (Å²) in [6.45, 7) is 3.54. The van der Waals surface area contributed by atoms with Crippen LogP contribution in [-0.4, -0.2) is 38.2 Å². The summed E-state index contributed by atoms with van der Waals surface area (Å²) in [6, 6.07) is 16.2. The van der Waals surface area contributed by atoms with Crippen LogP contribution < -0.4 is 0 Å². The Morgan fingerprint density at radius 1 is 1.08 bits per heavy atom. The van der Waals surface area contributed by atoms with Crippen molar-refractivity contribution in [2.24, 2.45) is 0 Å². The third-order valence-corrected chi connectivity index (χ3v) is 7.46. The van der Waals surface area contributed by atoms with E-state index in [9.17, 15) is 15.0 Å². The minimum Gasteiger partial charge on any atom is -0.393 e. The Labute approximate surface area is 220 Å². The van der Waals surface area contributed by atoms with Gasteiger partial charge in [0, 0.05) is 27.9 Å². The Balaban J connectivity index is 1.71. The van der Waals surface area contributed by atoms with Crippen LogP contribution in [0.15, 0.2) is 60.8 Å². The van der Waals surface area contributed by atoms with Crippen molar-refractivity contribution in [3.05, 3.63) is 98.8 Å². The number of halogens is 2. The van der Waals surface area contributed by atoms with Crippen molar-refractivity contribution >= 4 is 29.1 Å². The fourth-order valence-electron chi connectivity index (χ4n) is 5.12. The summed E-state index contributed by atoms with van der Waals surface area (Å²) in [5, 5.41) is 22.0. The van der Waals surface area contributed by atoms with Gasteiger partial charge in [0.25, 0.3) is 5.91 Å². The number of carbonyl (C=O) groups is 1. The second-order valence-corrected chi connectivity index (χ2v) is 10.9. The zero-order chi connectivity index (χ0) is 25.7. The number of hydrogen-bond acceptors (Lipinski definition) is 5. The van der Waals surface area contributed by atoms with Crippen molar-refractivity contribution in [3.8, 4) is 0 Å². The molecule has 0 bridgehead atoms. The van der Waals surface area contributed by atoms with Gasteiger partial charge in [-0.25, -0.2) is 0 Å². The van der Waals surface area contributed by atoms with Gasteiger partial charge in [0.2, 0.25) is 0 Å². The lowest BCUT2D eigenvalue weighted by atomic mass is 9.89. The Hall–Kier alpha value is -2.48. The largest absolute Gasteiger partial charge is 0.393 e. The predicted octanol–water partition coefficient (Wildman–Crippen LogP) is 5.40. The Kier molecular flexibility index (Phi) is 6.60. The number of carbonyl (C=O) groups excluding carboxylic acids is 1. The smallest absolute Gasteiger partial charge is 0.257 e. The number of pyridine rings is 1. The van der Waals surface area contributed by atoms with Crippen LogP contribution in [0, 0.1) is 0 Å². The maximum absolute atomic E-state index is 14.1. The normalized spacial score (nSPS) is 23.8. The second kappa shape index (κ2) is 9.43. The van der Waals surface area contributed by atoms with Gasteiger partial charge in [-0.3, -0.25) is 14.7 Å². The van der Waals surface area contributed by atoms with Crippen LogP contribution in [0.4, 0.5) is 0 Å². The third-order valence-electron chi connectivity index (χ3n) is 6.99. The number of ether oxygens (including phenoxy) is 1. The van der Waals surface area contributed by atoms with E-state index in [-0.39, 0.29) is 18.6 Å². The van der Waals surface area contributed by atoms with E-state index < -0.39 is 17.4 Å². The molecule has 5 rings (SSSR count). The van der Waals surface area contributed by atoms with Crippen LogP contribution in [0.2, 0.25) is 10.0 Å². The fourth-order valence-corrected chi connectivity index (χ4v) is 5.36. The molecule has 2 heterocycles. The van der Waals surface area contributed by atoms with Gasteiger partial charge in [0.1, 0.15) is 0 Å². The molecule has 188 valence electrons. The number of amides is 1. The molecule has 2 aliphatic rings. The highest BCUT2D eigenvalue weighted by Gasteiger charge is 2.54. The predicted molar refractivity (Wildman–Crippen MR) is 138 cm³/mol. The summed E-state index contributed by atoms with van der Waals surface area (Å²) < 4.78 is 6.87. The summed E-state index contributed by atoms with van der Waals surface area (Å²) in [5.41, 5.74) is 0.755. The van der Waals surface area contributed by atoms with Crippen LogP contribution in [0.3, 0.4) is 0 Å². The molecule has 0 spiro atoms. The molecule has 3 atom stereocenters. The highest BCUT2D eigenvalue weighted by Crippen LogP contribution is 2.49. The van der Waals surface area contributed by atoms with Crippen molar-refractivity contribution in [1.82, 2.24) is 9.88 Å². The lowest BCUT2D eigenvalue weighted by molar-refractivity contribution is -0.147. The first-order valence-electron chi connectivity index (χ1n) is 12.0. The van der Waals surface area contributed by atoms with Gasteiger partial charge in [-0.1, -0.05) is 47.5 Å². The van der Waals surface area contributed by atoms with Gasteiger partial charge in [-0.2, -0.15) is 0 Å². The number of fused-ring (bicyclic) bond motifs is 1. The van der Waals surface area contributed by atoms with E-state index in [4.69, 9.17) is 27.9 Å². The van der Waals surface area contributed by atoms with Crippen LogP contribution in [0.1, 0.15) is 65.9 Å². The molecule has 36 heavy (non-hydrogen) atoms. The van der Waals surface area contributed by atoms with Crippen LogP contribution >= 0.6 is 23.2 Å². The lowest BCUT2D eigenvalue weighted by Gasteiger charge is -2.41. The van der Waals surface area contributed by atoms with Gasteiger partial charge in [0.05, 0.1) is 35.1 Å². The van der Waals surface area contributed by atoms with E-state index in [1.54, 1.807) is 55.3 Å². The Morgan fingerprint density at radius 3 is 2.42 bits per heavy atom. The van der Waals surface area contributed by atoms with Gasteiger partial charge in [-0.15, -0.1) is 0 Å². The van der Waals surface area contributed by atoms with E-state index >= 15 is 0 Å². The molecule has 1 aliphatic carbocycles. The van der Waals surface area contributed by atoms with Gasteiger partial charge in [-0.05, 0) is 69.0 Å². The number of rotatable bonds is 6. The Bertz CT molecular complexity index is 1270. The van der Waals surface area contributed by atoms with Crippen molar-refractivity contribution in [2.45, 2.75) is 63.2 Å². The molecule has 3 aromatic rings. The summed E-state index contributed by atoms with van der Waals surface area (Å²) in [7, 11) is 0. The molecule has 2 unspecified atom stereocenters. The molecular formula is C28H28Cl2N2O4. The van der Waals surface area contributed by atoms with Crippen molar-refractivity contribution < 1.29 is 19.7 Å². The van der Waals surface area contributed by atoms with E-state index in [1.165, 1.54) is 0 Å². The first-order chi connectivity index (χ1) is 17.1. The monoisotopic (exact) mass is 526 g/mol. The quantitative estimate of drug-likeness (QED) is 0.449. The van der Waals surface area contributed by atoms with E-state index in [0.717, 1.165) is 5.56 Å². The molecule has 1 amide bonds. The maximum Gasteiger partial charge on any atom is 0.257 e. The number of aliphatic hydroxyl groups excluding tert-OH is 1. The molecule has 0 saturated heterocycles. The molecule has 1 aliphatic heterocycles. The molecule has 1 saturated carbocycles. The number of aliphatic hydroxyl groups is 2. The van der Waals surface area contributed by atoms with Crippen LogP contribution in [0.5, 0.6) is 0 Å². The van der Waals surface area contributed by atoms with Crippen molar-refractivity contribution in [1.29, 1.82) is 0 Å². The molecular weight excluding hydrogens is 499 g/mol. The molecule has 8 heteroatoms. The molecule has 1 fully saturated rings. The standard InChI is InChI=1S/C28H28Cl2N2O4/c1-27(2,35)18-5-12-25-24(13-18)26(34)32(16-21-9-8-20(30)15-31-21)28(25,17-3-6-19(29)7-4-17)36-23-11-10-22(33)14-23/h3-9,12-13,15,22-23,33,35H,10-11,14,16H2,1-2H3/t22?,23?,28-/m1/s1. The second-order valence-electron chi connectivity index (χ2n) is 10.0. The fraction of sp³-hybridized carbons (Fsp3) is 0.357. The number of aromatic nitrogens is 1. The zero-order valence-corrected chi connectivity index (χ0v) is 21.6. The van der Waals surface area contributed by atoms with Gasteiger partial charge >= 0.3 is 0 Å². The summed E-state index contributed by atoms with van der Waals surface area (Å²) in [6.07, 6.45) is 2.64. The minimum absolute atomic E-state index is 0.167. The molecule has 2 aromatic carbocycles. The lowest BCUT2D eigenvalue weighted by Crippen LogP contribution is -2.48. The molecule has 1 aromatic heterocycles. The zero-order valence-electron chi connectivity index (χ0n) is 20.1. The average Bonchev–Trinajstić information content (AvgIpc) is 3.35.